The summed E-state index contributed by atoms with van der Waals surface area (Å²) in [6.45, 7) is 0. The molecule has 2 N–H and O–H groups in total. The predicted molar refractivity (Wildman–Crippen MR) is 59.2 cm³/mol. The molecule has 1 aromatic carbocycles. The smallest absolute Gasteiger partial charge is 0.492 e. The summed E-state index contributed by atoms with van der Waals surface area (Å²) in [6, 6.07) is 5.61. The van der Waals surface area contributed by atoms with Gasteiger partial charge in [-0.25, -0.2) is 0 Å². The molecule has 1 aromatic rings. The van der Waals surface area contributed by atoms with Crippen LogP contribution in [0.2, 0.25) is 0 Å². The third-order valence-corrected chi connectivity index (χ3v) is 2.79. The highest BCUT2D eigenvalue weighted by Crippen LogP contribution is 2.32. The van der Waals surface area contributed by atoms with Gasteiger partial charge >= 0.3 is 7.12 Å². The Bertz CT molecular complexity index is 348. The van der Waals surface area contributed by atoms with Crippen LogP contribution < -0.4 is 10.2 Å². The monoisotopic (exact) mass is 206 g/mol. The molecule has 0 saturated heterocycles. The van der Waals surface area contributed by atoms with E-state index in [9.17, 15) is 10.0 Å². The molecule has 0 heterocycles. The van der Waals surface area contributed by atoms with Crippen molar-refractivity contribution in [3.8, 4) is 5.75 Å². The number of ether oxygens (including phenoxy) is 1. The first-order valence-electron chi connectivity index (χ1n) is 5.23. The van der Waals surface area contributed by atoms with Crippen LogP contribution in [0.3, 0.4) is 0 Å². The second-order valence-corrected chi connectivity index (χ2v) is 4.10. The van der Waals surface area contributed by atoms with Gasteiger partial charge in [-0.15, -0.1) is 0 Å². The zero-order valence-electron chi connectivity index (χ0n) is 8.81. The van der Waals surface area contributed by atoms with E-state index >= 15 is 0 Å². The van der Waals surface area contributed by atoms with Crippen molar-refractivity contribution < 1.29 is 14.8 Å². The van der Waals surface area contributed by atoms with Gasteiger partial charge in [0.1, 0.15) is 5.75 Å². The number of hydrogen-bond acceptors (Lipinski definition) is 3. The highest BCUT2D eigenvalue weighted by Gasteiger charge is 2.23. The van der Waals surface area contributed by atoms with E-state index in [-0.39, 0.29) is 0 Å². The van der Waals surface area contributed by atoms with Crippen LogP contribution in [0.25, 0.3) is 0 Å². The minimum absolute atomic E-state index is 0.454. The van der Waals surface area contributed by atoms with Gasteiger partial charge in [0, 0.05) is 5.46 Å². The van der Waals surface area contributed by atoms with Gasteiger partial charge in [0.15, 0.2) is 0 Å². The Balaban J connectivity index is 2.22. The van der Waals surface area contributed by atoms with E-state index in [4.69, 9.17) is 4.74 Å². The normalized spacial score (nSPS) is 15.1. The summed E-state index contributed by atoms with van der Waals surface area (Å²) in [5.41, 5.74) is 1.61. The third kappa shape index (κ3) is 2.52. The summed E-state index contributed by atoms with van der Waals surface area (Å²) >= 11 is 0. The largest absolute Gasteiger partial charge is 0.497 e. The molecule has 0 unspecified atom stereocenters. The first-order valence-corrected chi connectivity index (χ1v) is 5.23. The quantitative estimate of drug-likeness (QED) is 0.698. The van der Waals surface area contributed by atoms with Crippen molar-refractivity contribution in [2.24, 2.45) is 5.92 Å². The summed E-state index contributed by atoms with van der Waals surface area (Å²) in [4.78, 5) is 0. The number of rotatable bonds is 4. The maximum atomic E-state index is 9.19. The molecule has 0 atom stereocenters. The molecule has 0 radical (unpaired) electrons. The minimum Gasteiger partial charge on any atom is -0.497 e. The van der Waals surface area contributed by atoms with Gasteiger partial charge in [-0.2, -0.15) is 0 Å². The predicted octanol–water partition coefficient (Wildman–Crippen LogP) is 0.327. The van der Waals surface area contributed by atoms with Crippen molar-refractivity contribution in [1.82, 2.24) is 0 Å². The van der Waals surface area contributed by atoms with Crippen molar-refractivity contribution in [2.75, 3.05) is 7.11 Å². The highest BCUT2D eigenvalue weighted by molar-refractivity contribution is 6.59. The molecule has 3 nitrogen and oxygen atoms in total. The first kappa shape index (κ1) is 10.5. The molecule has 1 saturated carbocycles. The van der Waals surface area contributed by atoms with Crippen LogP contribution in [0.5, 0.6) is 5.75 Å². The van der Waals surface area contributed by atoms with Gasteiger partial charge in [-0.3, -0.25) is 0 Å². The Hall–Kier alpha value is -0.995. The molecule has 0 aliphatic heterocycles. The van der Waals surface area contributed by atoms with Crippen molar-refractivity contribution in [3.63, 3.8) is 0 Å². The van der Waals surface area contributed by atoms with Crippen LogP contribution >= 0.6 is 0 Å². The molecule has 4 heteroatoms. The third-order valence-electron chi connectivity index (χ3n) is 2.79. The van der Waals surface area contributed by atoms with Gasteiger partial charge in [0.25, 0.3) is 0 Å². The van der Waals surface area contributed by atoms with Crippen LogP contribution in [0.15, 0.2) is 18.2 Å². The van der Waals surface area contributed by atoms with Crippen molar-refractivity contribution in [1.29, 1.82) is 0 Å². The Kier molecular flexibility index (Phi) is 2.98. The molecule has 0 spiro atoms. The molecule has 80 valence electrons. The molecule has 15 heavy (non-hydrogen) atoms. The van der Waals surface area contributed by atoms with Crippen LogP contribution in [0.4, 0.5) is 0 Å². The summed E-state index contributed by atoms with van der Waals surface area (Å²) in [5, 5.41) is 18.4. The number of benzene rings is 1. The van der Waals surface area contributed by atoms with Gasteiger partial charge in [-0.05, 0) is 36.8 Å². The van der Waals surface area contributed by atoms with E-state index < -0.39 is 7.12 Å². The zero-order valence-corrected chi connectivity index (χ0v) is 8.81. The van der Waals surface area contributed by atoms with Gasteiger partial charge < -0.3 is 14.8 Å². The summed E-state index contributed by atoms with van der Waals surface area (Å²) in [5.74, 6) is 1.33. The molecule has 0 bridgehead atoms. The molecule has 0 aromatic heterocycles. The Labute approximate surface area is 89.8 Å². The maximum absolute atomic E-state index is 9.19. The van der Waals surface area contributed by atoms with Crippen LogP contribution in [0.1, 0.15) is 18.4 Å². The fraction of sp³-hybridized carbons (Fsp3) is 0.455. The molecular formula is C11H15BO3. The van der Waals surface area contributed by atoms with E-state index in [2.05, 4.69) is 0 Å². The average molecular weight is 206 g/mol. The fourth-order valence-electron chi connectivity index (χ4n) is 1.77. The second-order valence-electron chi connectivity index (χ2n) is 4.10. The van der Waals surface area contributed by atoms with Gasteiger partial charge in [0.2, 0.25) is 0 Å². The second kappa shape index (κ2) is 4.25. The average Bonchev–Trinajstić information content (AvgIpc) is 3.01. The molecule has 1 aliphatic carbocycles. The lowest BCUT2D eigenvalue weighted by Crippen LogP contribution is -2.31. The van der Waals surface area contributed by atoms with E-state index in [1.165, 1.54) is 20.0 Å². The molecule has 0 amide bonds. The van der Waals surface area contributed by atoms with Crippen molar-refractivity contribution in [3.05, 3.63) is 23.8 Å². The van der Waals surface area contributed by atoms with E-state index in [0.29, 0.717) is 11.2 Å². The summed E-state index contributed by atoms with van der Waals surface area (Å²) < 4.78 is 5.06. The van der Waals surface area contributed by atoms with E-state index in [1.807, 2.05) is 12.1 Å². The van der Waals surface area contributed by atoms with Crippen LogP contribution in [-0.4, -0.2) is 24.3 Å². The van der Waals surface area contributed by atoms with Gasteiger partial charge in [0.05, 0.1) is 7.11 Å². The lowest BCUT2D eigenvalue weighted by atomic mass is 9.78. The molecule has 2 rings (SSSR count). The lowest BCUT2D eigenvalue weighted by molar-refractivity contribution is 0.403. The number of hydrogen-bond donors (Lipinski definition) is 2. The SMILES string of the molecule is COc1ccc(CC2CC2)cc1B(O)O. The Morgan fingerprint density at radius 1 is 1.40 bits per heavy atom. The molecule has 1 aliphatic rings. The fourth-order valence-corrected chi connectivity index (χ4v) is 1.77. The zero-order chi connectivity index (χ0) is 10.8. The number of methoxy groups -OCH3 is 1. The van der Waals surface area contributed by atoms with Crippen molar-refractivity contribution in [2.45, 2.75) is 19.3 Å². The Morgan fingerprint density at radius 3 is 2.67 bits per heavy atom. The first-order chi connectivity index (χ1) is 7.20. The topological polar surface area (TPSA) is 49.7 Å². The van der Waals surface area contributed by atoms with Crippen LogP contribution in [-0.2, 0) is 6.42 Å². The van der Waals surface area contributed by atoms with E-state index in [1.54, 1.807) is 6.07 Å². The standard InChI is InChI=1S/C11H15BO3/c1-15-11-5-4-9(6-8-2-3-8)7-10(11)12(13)14/h4-5,7-8,13-14H,2-3,6H2,1H3. The molecule has 1 fully saturated rings. The Morgan fingerprint density at radius 2 is 2.13 bits per heavy atom. The minimum atomic E-state index is -1.46. The summed E-state index contributed by atoms with van der Waals surface area (Å²) in [7, 11) is 0.0704. The maximum Gasteiger partial charge on any atom is 0.492 e. The summed E-state index contributed by atoms with van der Waals surface area (Å²) in [6.07, 6.45) is 3.62. The van der Waals surface area contributed by atoms with Crippen molar-refractivity contribution >= 4 is 12.6 Å². The highest BCUT2D eigenvalue weighted by atomic mass is 16.5. The van der Waals surface area contributed by atoms with E-state index in [0.717, 1.165) is 17.9 Å². The van der Waals surface area contributed by atoms with Gasteiger partial charge in [-0.1, -0.05) is 12.1 Å². The van der Waals surface area contributed by atoms with Crippen LogP contribution in [0, 0.1) is 5.92 Å². The molecular weight excluding hydrogens is 191 g/mol. The lowest BCUT2D eigenvalue weighted by Gasteiger charge is -2.09.